The van der Waals surface area contributed by atoms with Crippen LogP contribution in [0.5, 0.6) is 0 Å². The average Bonchev–Trinajstić information content (AvgIpc) is 2.32. The zero-order valence-electron chi connectivity index (χ0n) is 9.02. The third kappa shape index (κ3) is 3.57. The molecule has 1 aromatic heterocycles. The van der Waals surface area contributed by atoms with E-state index in [1.54, 1.807) is 0 Å². The Kier molecular flexibility index (Phi) is 4.05. The molecular formula is C11H18N4. The normalized spacial score (nSPS) is 17.9. The maximum absolute atomic E-state index is 4.22. The van der Waals surface area contributed by atoms with Gasteiger partial charge in [-0.2, -0.15) is 0 Å². The van der Waals surface area contributed by atoms with Gasteiger partial charge in [-0.15, -0.1) is 0 Å². The van der Waals surface area contributed by atoms with Gasteiger partial charge >= 0.3 is 0 Å². The minimum atomic E-state index is 0.965. The van der Waals surface area contributed by atoms with Gasteiger partial charge in [0.25, 0.3) is 0 Å². The SMILES string of the molecule is c1cnc(CCCN2CCNCC2)nc1. The van der Waals surface area contributed by atoms with E-state index in [0.29, 0.717) is 0 Å². The van der Waals surface area contributed by atoms with Crippen LogP contribution in [0.25, 0.3) is 0 Å². The number of piperazine rings is 1. The molecule has 4 nitrogen and oxygen atoms in total. The lowest BCUT2D eigenvalue weighted by Gasteiger charge is -2.26. The van der Waals surface area contributed by atoms with E-state index in [2.05, 4.69) is 20.2 Å². The summed E-state index contributed by atoms with van der Waals surface area (Å²) in [6, 6.07) is 1.86. The topological polar surface area (TPSA) is 41.1 Å². The Morgan fingerprint density at radius 3 is 2.67 bits per heavy atom. The minimum absolute atomic E-state index is 0.965. The molecule has 4 heteroatoms. The van der Waals surface area contributed by atoms with Crippen molar-refractivity contribution in [2.24, 2.45) is 0 Å². The highest BCUT2D eigenvalue weighted by Gasteiger charge is 2.08. The number of hydrogen-bond donors (Lipinski definition) is 1. The summed E-state index contributed by atoms with van der Waals surface area (Å²) in [6.07, 6.45) is 5.77. The van der Waals surface area contributed by atoms with Gasteiger partial charge in [0.1, 0.15) is 5.82 Å². The minimum Gasteiger partial charge on any atom is -0.314 e. The first kappa shape index (κ1) is 10.5. The maximum atomic E-state index is 4.22. The summed E-state index contributed by atoms with van der Waals surface area (Å²) >= 11 is 0. The Balaban J connectivity index is 1.66. The third-order valence-corrected chi connectivity index (χ3v) is 2.70. The molecule has 15 heavy (non-hydrogen) atoms. The summed E-state index contributed by atoms with van der Waals surface area (Å²) in [7, 11) is 0. The van der Waals surface area contributed by atoms with E-state index in [-0.39, 0.29) is 0 Å². The van der Waals surface area contributed by atoms with Gasteiger partial charge in [-0.05, 0) is 19.0 Å². The second-order valence-corrected chi connectivity index (χ2v) is 3.86. The Morgan fingerprint density at radius 2 is 1.93 bits per heavy atom. The van der Waals surface area contributed by atoms with Gasteiger partial charge in [0.2, 0.25) is 0 Å². The fourth-order valence-electron chi connectivity index (χ4n) is 1.85. The monoisotopic (exact) mass is 206 g/mol. The smallest absolute Gasteiger partial charge is 0.128 e. The summed E-state index contributed by atoms with van der Waals surface area (Å²) in [4.78, 5) is 10.9. The molecule has 2 heterocycles. The van der Waals surface area contributed by atoms with Crippen molar-refractivity contribution in [3.05, 3.63) is 24.3 Å². The molecule has 0 atom stereocenters. The van der Waals surface area contributed by atoms with Crippen LogP contribution in [0, 0.1) is 0 Å². The number of aryl methyl sites for hydroxylation is 1. The number of rotatable bonds is 4. The number of nitrogens with one attached hydrogen (secondary N) is 1. The molecule has 1 aromatic rings. The van der Waals surface area contributed by atoms with Crippen LogP contribution in [0.4, 0.5) is 0 Å². The number of aromatic nitrogens is 2. The van der Waals surface area contributed by atoms with Crippen LogP contribution in [0.1, 0.15) is 12.2 Å². The van der Waals surface area contributed by atoms with Crippen LogP contribution in [0.15, 0.2) is 18.5 Å². The van der Waals surface area contributed by atoms with E-state index >= 15 is 0 Å². The van der Waals surface area contributed by atoms with E-state index in [1.807, 2.05) is 18.5 Å². The summed E-state index contributed by atoms with van der Waals surface area (Å²) in [6.45, 7) is 5.77. The molecule has 0 bridgehead atoms. The first-order valence-electron chi connectivity index (χ1n) is 5.64. The molecule has 0 aliphatic carbocycles. The molecule has 1 N–H and O–H groups in total. The largest absolute Gasteiger partial charge is 0.314 e. The molecular weight excluding hydrogens is 188 g/mol. The highest BCUT2D eigenvalue weighted by atomic mass is 15.2. The van der Waals surface area contributed by atoms with Crippen molar-refractivity contribution in [1.82, 2.24) is 20.2 Å². The standard InChI is InChI=1S/C11H18N4/c1(3-11-13-4-2-5-14-11)8-15-9-6-12-7-10-15/h2,4-5,12H,1,3,6-10H2. The van der Waals surface area contributed by atoms with Crippen LogP contribution in [0.2, 0.25) is 0 Å². The van der Waals surface area contributed by atoms with E-state index in [4.69, 9.17) is 0 Å². The van der Waals surface area contributed by atoms with Gasteiger partial charge in [0, 0.05) is 45.0 Å². The summed E-state index contributed by atoms with van der Waals surface area (Å²) in [5.74, 6) is 0.965. The molecule has 1 saturated heterocycles. The zero-order valence-corrected chi connectivity index (χ0v) is 9.02. The molecule has 1 fully saturated rings. The molecule has 0 spiro atoms. The van der Waals surface area contributed by atoms with Gasteiger partial charge in [0.15, 0.2) is 0 Å². The number of hydrogen-bond acceptors (Lipinski definition) is 4. The van der Waals surface area contributed by atoms with Crippen molar-refractivity contribution in [3.8, 4) is 0 Å². The van der Waals surface area contributed by atoms with E-state index in [0.717, 1.165) is 31.8 Å². The number of nitrogens with zero attached hydrogens (tertiary/aromatic N) is 3. The molecule has 82 valence electrons. The summed E-state index contributed by atoms with van der Waals surface area (Å²) in [5.41, 5.74) is 0. The van der Waals surface area contributed by atoms with Crippen LogP contribution in [-0.4, -0.2) is 47.6 Å². The average molecular weight is 206 g/mol. The Morgan fingerprint density at radius 1 is 1.20 bits per heavy atom. The van der Waals surface area contributed by atoms with Crippen molar-refractivity contribution >= 4 is 0 Å². The van der Waals surface area contributed by atoms with E-state index < -0.39 is 0 Å². The lowest BCUT2D eigenvalue weighted by atomic mass is 10.2. The fraction of sp³-hybridized carbons (Fsp3) is 0.636. The van der Waals surface area contributed by atoms with Gasteiger partial charge in [0.05, 0.1) is 0 Å². The van der Waals surface area contributed by atoms with Crippen molar-refractivity contribution in [2.45, 2.75) is 12.8 Å². The lowest BCUT2D eigenvalue weighted by Crippen LogP contribution is -2.43. The highest BCUT2D eigenvalue weighted by Crippen LogP contribution is 1.98. The maximum Gasteiger partial charge on any atom is 0.128 e. The van der Waals surface area contributed by atoms with Crippen LogP contribution in [0.3, 0.4) is 0 Å². The molecule has 2 rings (SSSR count). The second kappa shape index (κ2) is 5.78. The van der Waals surface area contributed by atoms with Gasteiger partial charge in [-0.25, -0.2) is 9.97 Å². The molecule has 1 aliphatic rings. The van der Waals surface area contributed by atoms with Crippen molar-refractivity contribution in [2.75, 3.05) is 32.7 Å². The van der Waals surface area contributed by atoms with Crippen LogP contribution in [-0.2, 0) is 6.42 Å². The Hall–Kier alpha value is -1.00. The zero-order chi connectivity index (χ0) is 10.3. The second-order valence-electron chi connectivity index (χ2n) is 3.86. The Bertz CT molecular complexity index is 269. The molecule has 0 saturated carbocycles. The van der Waals surface area contributed by atoms with Gasteiger partial charge in [-0.3, -0.25) is 0 Å². The molecule has 0 aromatic carbocycles. The molecule has 0 unspecified atom stereocenters. The van der Waals surface area contributed by atoms with Gasteiger partial charge in [-0.1, -0.05) is 0 Å². The first-order chi connectivity index (χ1) is 7.45. The predicted octanol–water partition coefficient (Wildman–Crippen LogP) is 0.314. The third-order valence-electron chi connectivity index (χ3n) is 2.70. The van der Waals surface area contributed by atoms with Gasteiger partial charge < -0.3 is 10.2 Å². The quantitative estimate of drug-likeness (QED) is 0.770. The molecule has 0 radical (unpaired) electrons. The summed E-state index contributed by atoms with van der Waals surface area (Å²) < 4.78 is 0. The first-order valence-corrected chi connectivity index (χ1v) is 5.64. The van der Waals surface area contributed by atoms with Crippen LogP contribution >= 0.6 is 0 Å². The van der Waals surface area contributed by atoms with E-state index in [9.17, 15) is 0 Å². The Labute approximate surface area is 90.7 Å². The fourth-order valence-corrected chi connectivity index (χ4v) is 1.85. The van der Waals surface area contributed by atoms with Crippen molar-refractivity contribution in [1.29, 1.82) is 0 Å². The molecule has 0 amide bonds. The summed E-state index contributed by atoms with van der Waals surface area (Å²) in [5, 5.41) is 3.36. The highest BCUT2D eigenvalue weighted by molar-refractivity contribution is 4.88. The van der Waals surface area contributed by atoms with Crippen molar-refractivity contribution in [3.63, 3.8) is 0 Å². The lowest BCUT2D eigenvalue weighted by molar-refractivity contribution is 0.238. The predicted molar refractivity (Wildman–Crippen MR) is 59.7 cm³/mol. The van der Waals surface area contributed by atoms with E-state index in [1.165, 1.54) is 19.6 Å². The van der Waals surface area contributed by atoms with Crippen LogP contribution < -0.4 is 5.32 Å². The molecule has 1 aliphatic heterocycles. The van der Waals surface area contributed by atoms with Crippen molar-refractivity contribution < 1.29 is 0 Å².